The van der Waals surface area contributed by atoms with Crippen LogP contribution in [-0.2, 0) is 16.4 Å². The molecule has 114 valence electrons. The third-order valence-electron chi connectivity index (χ3n) is 3.59. The van der Waals surface area contributed by atoms with E-state index in [1.54, 1.807) is 39.2 Å². The van der Waals surface area contributed by atoms with Crippen molar-refractivity contribution in [3.05, 3.63) is 34.7 Å². The molecule has 0 unspecified atom stereocenters. The standard InChI is InChI=1S/C14H18N2O4S/c1-14(2,21(4,18)19)9-16-13(17)12-6-5-11(20-3)7-10(12)8-15-16/h5-8H,9H2,1-4H3. The number of benzene rings is 1. The van der Waals surface area contributed by atoms with Crippen LogP contribution in [0.15, 0.2) is 29.2 Å². The van der Waals surface area contributed by atoms with E-state index in [0.29, 0.717) is 16.5 Å². The zero-order valence-corrected chi connectivity index (χ0v) is 13.3. The second-order valence-corrected chi connectivity index (χ2v) is 8.24. The summed E-state index contributed by atoms with van der Waals surface area (Å²) >= 11 is 0. The summed E-state index contributed by atoms with van der Waals surface area (Å²) < 4.78 is 28.7. The summed E-state index contributed by atoms with van der Waals surface area (Å²) in [6.07, 6.45) is 2.70. The van der Waals surface area contributed by atoms with Gasteiger partial charge >= 0.3 is 0 Å². The highest BCUT2D eigenvalue weighted by Crippen LogP contribution is 2.19. The van der Waals surface area contributed by atoms with Crippen molar-refractivity contribution in [1.29, 1.82) is 0 Å². The van der Waals surface area contributed by atoms with Crippen molar-refractivity contribution in [3.8, 4) is 5.75 Å². The Morgan fingerprint density at radius 1 is 1.33 bits per heavy atom. The average Bonchev–Trinajstić information content (AvgIpc) is 2.40. The maximum Gasteiger partial charge on any atom is 0.274 e. The SMILES string of the molecule is COc1ccc2c(=O)n(CC(C)(C)S(C)(=O)=O)ncc2c1. The van der Waals surface area contributed by atoms with Crippen molar-refractivity contribution in [2.45, 2.75) is 25.1 Å². The molecule has 2 rings (SSSR count). The molecule has 0 spiro atoms. The van der Waals surface area contributed by atoms with Gasteiger partial charge in [-0.25, -0.2) is 13.1 Å². The molecule has 1 aromatic carbocycles. The third-order valence-corrected chi connectivity index (χ3v) is 5.73. The number of hydrogen-bond acceptors (Lipinski definition) is 5. The normalized spacial score (nSPS) is 12.6. The smallest absolute Gasteiger partial charge is 0.274 e. The van der Waals surface area contributed by atoms with Crippen molar-refractivity contribution in [3.63, 3.8) is 0 Å². The summed E-state index contributed by atoms with van der Waals surface area (Å²) in [5, 5.41) is 5.21. The fourth-order valence-corrected chi connectivity index (χ4v) is 2.24. The summed E-state index contributed by atoms with van der Waals surface area (Å²) in [6, 6.07) is 5.06. The van der Waals surface area contributed by atoms with Gasteiger partial charge in [-0.05, 0) is 32.0 Å². The molecule has 0 fully saturated rings. The fraction of sp³-hybridized carbons (Fsp3) is 0.429. The average molecular weight is 310 g/mol. The minimum Gasteiger partial charge on any atom is -0.497 e. The lowest BCUT2D eigenvalue weighted by Crippen LogP contribution is -2.40. The molecule has 0 saturated heterocycles. The van der Waals surface area contributed by atoms with Gasteiger partial charge in [-0.15, -0.1) is 0 Å². The minimum atomic E-state index is -3.30. The molecule has 1 heterocycles. The number of aromatic nitrogens is 2. The van der Waals surface area contributed by atoms with Crippen LogP contribution < -0.4 is 10.3 Å². The third kappa shape index (κ3) is 2.92. The largest absolute Gasteiger partial charge is 0.497 e. The van der Waals surface area contributed by atoms with Crippen molar-refractivity contribution >= 4 is 20.6 Å². The van der Waals surface area contributed by atoms with Crippen molar-refractivity contribution in [1.82, 2.24) is 9.78 Å². The molecule has 7 heteroatoms. The second-order valence-electron chi connectivity index (χ2n) is 5.59. The Morgan fingerprint density at radius 2 is 2.00 bits per heavy atom. The van der Waals surface area contributed by atoms with Gasteiger partial charge in [-0.1, -0.05) is 0 Å². The van der Waals surface area contributed by atoms with E-state index in [2.05, 4.69) is 5.10 Å². The maximum atomic E-state index is 12.4. The first kappa shape index (κ1) is 15.5. The molecule has 0 bridgehead atoms. The van der Waals surface area contributed by atoms with E-state index in [1.807, 2.05) is 0 Å². The van der Waals surface area contributed by atoms with Crippen LogP contribution in [0.2, 0.25) is 0 Å². The van der Waals surface area contributed by atoms with Crippen LogP contribution >= 0.6 is 0 Å². The maximum absolute atomic E-state index is 12.4. The first-order valence-electron chi connectivity index (χ1n) is 6.39. The molecule has 0 saturated carbocycles. The Bertz CT molecular complexity index is 838. The van der Waals surface area contributed by atoms with Crippen LogP contribution in [0.4, 0.5) is 0 Å². The summed E-state index contributed by atoms with van der Waals surface area (Å²) in [6.45, 7) is 3.16. The summed E-state index contributed by atoms with van der Waals surface area (Å²) in [7, 11) is -1.75. The monoisotopic (exact) mass is 310 g/mol. The predicted octanol–water partition coefficient (Wildman–Crippen LogP) is 1.23. The van der Waals surface area contributed by atoms with Crippen LogP contribution in [0.3, 0.4) is 0 Å². The van der Waals surface area contributed by atoms with Crippen molar-refractivity contribution in [2.24, 2.45) is 0 Å². The van der Waals surface area contributed by atoms with Gasteiger partial charge in [0.2, 0.25) is 0 Å². The van der Waals surface area contributed by atoms with Gasteiger partial charge in [0.1, 0.15) is 5.75 Å². The number of fused-ring (bicyclic) bond motifs is 1. The van der Waals surface area contributed by atoms with E-state index < -0.39 is 14.6 Å². The number of ether oxygens (including phenoxy) is 1. The number of sulfone groups is 1. The van der Waals surface area contributed by atoms with E-state index in [1.165, 1.54) is 10.9 Å². The fourth-order valence-electron chi connectivity index (χ4n) is 1.88. The molecule has 0 aliphatic carbocycles. The lowest BCUT2D eigenvalue weighted by Gasteiger charge is -2.22. The molecular formula is C14H18N2O4S. The van der Waals surface area contributed by atoms with Crippen LogP contribution in [0.5, 0.6) is 5.75 Å². The Labute approximate surface area is 123 Å². The highest BCUT2D eigenvalue weighted by atomic mass is 32.2. The van der Waals surface area contributed by atoms with Gasteiger partial charge in [-0.2, -0.15) is 5.10 Å². The summed E-state index contributed by atoms with van der Waals surface area (Å²) in [5.74, 6) is 0.637. The Morgan fingerprint density at radius 3 is 2.57 bits per heavy atom. The molecule has 0 radical (unpaired) electrons. The van der Waals surface area contributed by atoms with Gasteiger partial charge in [0.25, 0.3) is 5.56 Å². The van der Waals surface area contributed by atoms with Gasteiger partial charge in [-0.3, -0.25) is 4.79 Å². The van der Waals surface area contributed by atoms with Crippen LogP contribution in [-0.4, -0.2) is 36.3 Å². The van der Waals surface area contributed by atoms with Crippen LogP contribution in [0.25, 0.3) is 10.8 Å². The zero-order chi connectivity index (χ0) is 15.8. The Kier molecular flexibility index (Phi) is 3.79. The zero-order valence-electron chi connectivity index (χ0n) is 12.5. The van der Waals surface area contributed by atoms with E-state index in [-0.39, 0.29) is 12.1 Å². The highest BCUT2D eigenvalue weighted by Gasteiger charge is 2.31. The van der Waals surface area contributed by atoms with Crippen LogP contribution in [0, 0.1) is 0 Å². The first-order chi connectivity index (χ1) is 9.65. The van der Waals surface area contributed by atoms with Gasteiger partial charge in [0.15, 0.2) is 9.84 Å². The lowest BCUT2D eigenvalue weighted by atomic mass is 10.2. The molecule has 0 atom stereocenters. The molecule has 2 aromatic rings. The lowest BCUT2D eigenvalue weighted by molar-refractivity contribution is 0.415. The van der Waals surface area contributed by atoms with E-state index >= 15 is 0 Å². The number of methoxy groups -OCH3 is 1. The molecule has 6 nitrogen and oxygen atoms in total. The van der Waals surface area contributed by atoms with Gasteiger partial charge in [0.05, 0.1) is 30.0 Å². The number of hydrogen-bond donors (Lipinski definition) is 0. The number of rotatable bonds is 4. The molecule has 0 amide bonds. The minimum absolute atomic E-state index is 0.00658. The van der Waals surface area contributed by atoms with Gasteiger partial charge in [0, 0.05) is 11.6 Å². The Balaban J connectivity index is 2.53. The second kappa shape index (κ2) is 5.14. The van der Waals surface area contributed by atoms with Crippen molar-refractivity contribution in [2.75, 3.05) is 13.4 Å². The topological polar surface area (TPSA) is 78.3 Å². The van der Waals surface area contributed by atoms with Crippen LogP contribution in [0.1, 0.15) is 13.8 Å². The Hall–Kier alpha value is -1.89. The molecular weight excluding hydrogens is 292 g/mol. The molecule has 21 heavy (non-hydrogen) atoms. The molecule has 0 N–H and O–H groups in total. The highest BCUT2D eigenvalue weighted by molar-refractivity contribution is 7.92. The van der Waals surface area contributed by atoms with Gasteiger partial charge < -0.3 is 4.74 Å². The predicted molar refractivity (Wildman–Crippen MR) is 81.5 cm³/mol. The summed E-state index contributed by atoms with van der Waals surface area (Å²) in [4.78, 5) is 12.4. The molecule has 0 aliphatic rings. The number of nitrogens with zero attached hydrogens (tertiary/aromatic N) is 2. The van der Waals surface area contributed by atoms with E-state index in [9.17, 15) is 13.2 Å². The summed E-state index contributed by atoms with van der Waals surface area (Å²) in [5.41, 5.74) is -0.313. The molecule has 1 aromatic heterocycles. The van der Waals surface area contributed by atoms with E-state index in [0.717, 1.165) is 6.26 Å². The van der Waals surface area contributed by atoms with E-state index in [4.69, 9.17) is 4.74 Å². The first-order valence-corrected chi connectivity index (χ1v) is 8.28. The quantitative estimate of drug-likeness (QED) is 0.848. The molecule has 0 aliphatic heterocycles. The van der Waals surface area contributed by atoms with Crippen molar-refractivity contribution < 1.29 is 13.2 Å².